The first kappa shape index (κ1) is 12.7. The lowest BCUT2D eigenvalue weighted by Gasteiger charge is -2.33. The number of aliphatic hydroxyl groups excluding tert-OH is 1. The van der Waals surface area contributed by atoms with Gasteiger partial charge in [0.05, 0.1) is 6.61 Å². The molecule has 0 radical (unpaired) electrons. The summed E-state index contributed by atoms with van der Waals surface area (Å²) < 4.78 is 36.8. The highest BCUT2D eigenvalue weighted by Gasteiger charge is 2.40. The van der Waals surface area contributed by atoms with Gasteiger partial charge in [0.2, 0.25) is 0 Å². The molecule has 0 heterocycles. The molecule has 0 aliphatic heterocycles. The van der Waals surface area contributed by atoms with Gasteiger partial charge in [0.1, 0.15) is 6.04 Å². The molecule has 0 spiro atoms. The van der Waals surface area contributed by atoms with Crippen molar-refractivity contribution in [3.8, 4) is 0 Å². The highest BCUT2D eigenvalue weighted by molar-refractivity contribution is 4.76. The molecule has 0 aromatic rings. The average Bonchev–Trinajstić information content (AvgIpc) is 1.96. The van der Waals surface area contributed by atoms with Crippen molar-refractivity contribution in [3.05, 3.63) is 0 Å². The molecule has 0 rings (SSSR count). The molecular formula is C8H16F3NO. The van der Waals surface area contributed by atoms with Gasteiger partial charge >= 0.3 is 6.18 Å². The Bertz CT molecular complexity index is 147. The average molecular weight is 199 g/mol. The number of halogens is 3. The normalized spacial score (nSPS) is 15.5. The second-order valence-electron chi connectivity index (χ2n) is 3.27. The quantitative estimate of drug-likeness (QED) is 0.744. The molecule has 13 heavy (non-hydrogen) atoms. The van der Waals surface area contributed by atoms with E-state index in [-0.39, 0.29) is 19.2 Å². The largest absolute Gasteiger partial charge is 0.403 e. The third kappa shape index (κ3) is 3.95. The summed E-state index contributed by atoms with van der Waals surface area (Å²) in [5.74, 6) is 0. The molecule has 1 atom stereocenters. The Hall–Kier alpha value is -0.290. The molecule has 0 fully saturated rings. The van der Waals surface area contributed by atoms with Gasteiger partial charge in [-0.15, -0.1) is 0 Å². The highest BCUT2D eigenvalue weighted by Crippen LogP contribution is 2.25. The number of alkyl halides is 3. The summed E-state index contributed by atoms with van der Waals surface area (Å²) >= 11 is 0. The SMILES string of the molecule is CC(C)N(CCO)C(C)C(F)(F)F. The van der Waals surface area contributed by atoms with Gasteiger partial charge in [0.15, 0.2) is 0 Å². The van der Waals surface area contributed by atoms with Crippen LogP contribution >= 0.6 is 0 Å². The fourth-order valence-electron chi connectivity index (χ4n) is 1.20. The van der Waals surface area contributed by atoms with Gasteiger partial charge in [-0.3, -0.25) is 4.90 Å². The first-order chi connectivity index (χ1) is 5.80. The van der Waals surface area contributed by atoms with Crippen LogP contribution in [0.3, 0.4) is 0 Å². The summed E-state index contributed by atoms with van der Waals surface area (Å²) in [5, 5.41) is 8.59. The van der Waals surface area contributed by atoms with Crippen LogP contribution in [0.15, 0.2) is 0 Å². The first-order valence-electron chi connectivity index (χ1n) is 4.24. The Morgan fingerprint density at radius 1 is 1.23 bits per heavy atom. The minimum Gasteiger partial charge on any atom is -0.395 e. The topological polar surface area (TPSA) is 23.5 Å². The lowest BCUT2D eigenvalue weighted by atomic mass is 10.2. The van der Waals surface area contributed by atoms with E-state index in [9.17, 15) is 13.2 Å². The number of rotatable bonds is 4. The third-order valence-corrected chi connectivity index (χ3v) is 1.99. The van der Waals surface area contributed by atoms with Gasteiger partial charge in [0, 0.05) is 12.6 Å². The summed E-state index contributed by atoms with van der Waals surface area (Å²) in [6.07, 6.45) is -4.22. The van der Waals surface area contributed by atoms with Crippen molar-refractivity contribution in [2.45, 2.75) is 39.0 Å². The van der Waals surface area contributed by atoms with Crippen molar-refractivity contribution in [2.24, 2.45) is 0 Å². The van der Waals surface area contributed by atoms with Gasteiger partial charge < -0.3 is 5.11 Å². The van der Waals surface area contributed by atoms with Crippen LogP contribution in [0, 0.1) is 0 Å². The Morgan fingerprint density at radius 2 is 1.69 bits per heavy atom. The summed E-state index contributed by atoms with van der Waals surface area (Å²) in [5.41, 5.74) is 0. The van der Waals surface area contributed by atoms with Crippen LogP contribution in [-0.2, 0) is 0 Å². The van der Waals surface area contributed by atoms with Crippen LogP contribution in [-0.4, -0.2) is 41.4 Å². The van der Waals surface area contributed by atoms with Crippen molar-refractivity contribution >= 4 is 0 Å². The Labute approximate surface area is 76.3 Å². The molecule has 1 N–H and O–H groups in total. The molecular weight excluding hydrogens is 183 g/mol. The van der Waals surface area contributed by atoms with Crippen molar-refractivity contribution in [2.75, 3.05) is 13.2 Å². The number of aliphatic hydroxyl groups is 1. The van der Waals surface area contributed by atoms with Gasteiger partial charge in [-0.1, -0.05) is 0 Å². The second kappa shape index (κ2) is 4.81. The number of nitrogens with zero attached hydrogens (tertiary/aromatic N) is 1. The summed E-state index contributed by atoms with van der Waals surface area (Å²) in [6, 6.07) is -1.72. The molecule has 0 saturated heterocycles. The van der Waals surface area contributed by atoms with E-state index in [1.807, 2.05) is 0 Å². The molecule has 0 saturated carbocycles. The van der Waals surface area contributed by atoms with E-state index in [1.54, 1.807) is 13.8 Å². The first-order valence-corrected chi connectivity index (χ1v) is 4.24. The standard InChI is InChI=1S/C8H16F3NO/c1-6(2)12(4-5-13)7(3)8(9,10)11/h6-7,13H,4-5H2,1-3H3. The van der Waals surface area contributed by atoms with Crippen LogP contribution in [0.4, 0.5) is 13.2 Å². The van der Waals surface area contributed by atoms with E-state index in [0.717, 1.165) is 6.92 Å². The third-order valence-electron chi connectivity index (χ3n) is 1.99. The van der Waals surface area contributed by atoms with Crippen LogP contribution in [0.5, 0.6) is 0 Å². The van der Waals surface area contributed by atoms with Crippen LogP contribution in [0.25, 0.3) is 0 Å². The van der Waals surface area contributed by atoms with E-state index in [0.29, 0.717) is 0 Å². The van der Waals surface area contributed by atoms with E-state index in [4.69, 9.17) is 5.11 Å². The minimum absolute atomic E-state index is 0.0539. The van der Waals surface area contributed by atoms with Gasteiger partial charge in [0.25, 0.3) is 0 Å². The maximum atomic E-state index is 12.3. The Kier molecular flexibility index (Phi) is 4.70. The molecule has 0 bridgehead atoms. The van der Waals surface area contributed by atoms with E-state index < -0.39 is 12.2 Å². The van der Waals surface area contributed by atoms with Crippen molar-refractivity contribution in [1.82, 2.24) is 4.90 Å². The molecule has 0 aromatic carbocycles. The molecule has 2 nitrogen and oxygen atoms in total. The molecule has 1 unspecified atom stereocenters. The molecule has 80 valence electrons. The summed E-state index contributed by atoms with van der Waals surface area (Å²) in [6.45, 7) is 4.27. The van der Waals surface area contributed by atoms with Crippen molar-refractivity contribution in [1.29, 1.82) is 0 Å². The van der Waals surface area contributed by atoms with Crippen LogP contribution in [0.2, 0.25) is 0 Å². The molecule has 5 heteroatoms. The lowest BCUT2D eigenvalue weighted by Crippen LogP contribution is -2.48. The summed E-state index contributed by atoms with van der Waals surface area (Å²) in [4.78, 5) is 1.22. The molecule has 0 amide bonds. The van der Waals surface area contributed by atoms with Crippen molar-refractivity contribution in [3.63, 3.8) is 0 Å². The monoisotopic (exact) mass is 199 g/mol. The van der Waals surface area contributed by atoms with Crippen LogP contribution < -0.4 is 0 Å². The van der Waals surface area contributed by atoms with E-state index >= 15 is 0 Å². The number of hydrogen-bond donors (Lipinski definition) is 1. The van der Waals surface area contributed by atoms with Gasteiger partial charge in [-0.2, -0.15) is 13.2 Å². The predicted molar refractivity (Wildman–Crippen MR) is 44.4 cm³/mol. The fraction of sp³-hybridized carbons (Fsp3) is 1.00. The zero-order chi connectivity index (χ0) is 10.6. The highest BCUT2D eigenvalue weighted by atomic mass is 19.4. The maximum absolute atomic E-state index is 12.3. The molecule has 0 aliphatic rings. The maximum Gasteiger partial charge on any atom is 0.403 e. The second-order valence-corrected chi connectivity index (χ2v) is 3.27. The van der Waals surface area contributed by atoms with Crippen LogP contribution in [0.1, 0.15) is 20.8 Å². The number of hydrogen-bond acceptors (Lipinski definition) is 2. The molecule has 0 aromatic heterocycles. The zero-order valence-corrected chi connectivity index (χ0v) is 8.10. The Morgan fingerprint density at radius 3 is 1.92 bits per heavy atom. The van der Waals surface area contributed by atoms with E-state index in [2.05, 4.69) is 0 Å². The Balaban J connectivity index is 4.36. The van der Waals surface area contributed by atoms with Crippen molar-refractivity contribution < 1.29 is 18.3 Å². The fourth-order valence-corrected chi connectivity index (χ4v) is 1.20. The zero-order valence-electron chi connectivity index (χ0n) is 8.10. The smallest absolute Gasteiger partial charge is 0.395 e. The van der Waals surface area contributed by atoms with E-state index in [1.165, 1.54) is 4.90 Å². The summed E-state index contributed by atoms with van der Waals surface area (Å²) in [7, 11) is 0. The predicted octanol–water partition coefficient (Wildman–Crippen LogP) is 1.64. The van der Waals surface area contributed by atoms with Gasteiger partial charge in [-0.05, 0) is 20.8 Å². The molecule has 0 aliphatic carbocycles. The minimum atomic E-state index is -4.22. The van der Waals surface area contributed by atoms with Gasteiger partial charge in [-0.25, -0.2) is 0 Å². The lowest BCUT2D eigenvalue weighted by molar-refractivity contribution is -0.184.